The topological polar surface area (TPSA) is 37.3 Å². The molecular formula is C20H26O2. The number of fused-ring (bicyclic) bond motifs is 5. The minimum atomic E-state index is -0.116. The van der Waals surface area contributed by atoms with Gasteiger partial charge in [0.1, 0.15) is 5.78 Å². The first-order valence-electron chi connectivity index (χ1n) is 8.70. The summed E-state index contributed by atoms with van der Waals surface area (Å²) in [5.41, 5.74) is 4.28. The van der Waals surface area contributed by atoms with Crippen molar-refractivity contribution in [3.05, 3.63) is 34.6 Å². The summed E-state index contributed by atoms with van der Waals surface area (Å²) in [6.07, 6.45) is 10.0. The molecule has 0 spiro atoms. The Bertz CT molecular complexity index is 651. The molecule has 1 saturated carbocycles. The van der Waals surface area contributed by atoms with Gasteiger partial charge in [0.2, 0.25) is 0 Å². The van der Waals surface area contributed by atoms with Gasteiger partial charge in [-0.05, 0) is 56.1 Å². The van der Waals surface area contributed by atoms with Gasteiger partial charge >= 0.3 is 0 Å². The lowest BCUT2D eigenvalue weighted by atomic mass is 9.52. The standard InChI is InChI=1S/C20H26O2/c1-12-10-14-15-4-5-18(22)20(15,3)9-7-16(14)19(2)8-6-13(21)11-17(12)19/h7,11,14-15,21H,4-6,8-10H2,1-3H3/t14-,15-,19+,20-/m0/s1. The van der Waals surface area contributed by atoms with Crippen molar-refractivity contribution in [3.8, 4) is 0 Å². The van der Waals surface area contributed by atoms with Crippen molar-refractivity contribution in [2.24, 2.45) is 22.7 Å². The van der Waals surface area contributed by atoms with Crippen molar-refractivity contribution in [2.45, 2.75) is 59.3 Å². The lowest BCUT2D eigenvalue weighted by Gasteiger charge is -2.51. The number of carbonyl (C=O) groups is 1. The van der Waals surface area contributed by atoms with Gasteiger partial charge in [0.05, 0.1) is 5.76 Å². The van der Waals surface area contributed by atoms with E-state index >= 15 is 0 Å². The van der Waals surface area contributed by atoms with Gasteiger partial charge in [-0.1, -0.05) is 31.1 Å². The zero-order valence-electron chi connectivity index (χ0n) is 13.9. The molecule has 22 heavy (non-hydrogen) atoms. The molecule has 0 saturated heterocycles. The summed E-state index contributed by atoms with van der Waals surface area (Å²) >= 11 is 0. The predicted molar refractivity (Wildman–Crippen MR) is 87.4 cm³/mol. The van der Waals surface area contributed by atoms with Gasteiger partial charge in [-0.25, -0.2) is 0 Å². The van der Waals surface area contributed by atoms with Crippen molar-refractivity contribution in [1.29, 1.82) is 0 Å². The van der Waals surface area contributed by atoms with Crippen LogP contribution in [0.5, 0.6) is 0 Å². The monoisotopic (exact) mass is 298 g/mol. The third-order valence-corrected chi connectivity index (χ3v) is 7.18. The molecule has 2 nitrogen and oxygen atoms in total. The van der Waals surface area contributed by atoms with Crippen molar-refractivity contribution < 1.29 is 9.90 Å². The average molecular weight is 298 g/mol. The smallest absolute Gasteiger partial charge is 0.139 e. The molecule has 0 aromatic rings. The maximum atomic E-state index is 12.4. The fraction of sp³-hybridized carbons (Fsp3) is 0.650. The molecule has 2 heteroatoms. The van der Waals surface area contributed by atoms with Gasteiger partial charge in [-0.15, -0.1) is 0 Å². The Balaban J connectivity index is 1.84. The largest absolute Gasteiger partial charge is 0.512 e. The second kappa shape index (κ2) is 4.37. The van der Waals surface area contributed by atoms with E-state index in [1.54, 1.807) is 5.57 Å². The molecule has 4 atom stereocenters. The summed E-state index contributed by atoms with van der Waals surface area (Å²) in [5, 5.41) is 9.97. The fourth-order valence-electron chi connectivity index (χ4n) is 5.83. The molecular weight excluding hydrogens is 272 g/mol. The minimum absolute atomic E-state index is 0.0756. The van der Waals surface area contributed by atoms with E-state index in [-0.39, 0.29) is 10.8 Å². The molecule has 0 aliphatic heterocycles. The maximum absolute atomic E-state index is 12.4. The first-order valence-corrected chi connectivity index (χ1v) is 8.70. The van der Waals surface area contributed by atoms with Crippen molar-refractivity contribution in [1.82, 2.24) is 0 Å². The van der Waals surface area contributed by atoms with E-state index in [1.807, 2.05) is 6.08 Å². The van der Waals surface area contributed by atoms with Crippen LogP contribution in [0.3, 0.4) is 0 Å². The van der Waals surface area contributed by atoms with E-state index in [9.17, 15) is 9.90 Å². The number of aliphatic hydroxyl groups excluding tert-OH is 1. The molecule has 118 valence electrons. The van der Waals surface area contributed by atoms with Crippen LogP contribution in [0.4, 0.5) is 0 Å². The zero-order valence-corrected chi connectivity index (χ0v) is 13.9. The summed E-state index contributed by atoms with van der Waals surface area (Å²) in [6.45, 7) is 6.78. The summed E-state index contributed by atoms with van der Waals surface area (Å²) in [5.74, 6) is 2.06. The van der Waals surface area contributed by atoms with Crippen LogP contribution in [0, 0.1) is 22.7 Å². The molecule has 1 N–H and O–H groups in total. The lowest BCUT2D eigenvalue weighted by Crippen LogP contribution is -2.44. The van der Waals surface area contributed by atoms with E-state index in [0.717, 1.165) is 38.5 Å². The van der Waals surface area contributed by atoms with Crippen LogP contribution >= 0.6 is 0 Å². The number of hydrogen-bond acceptors (Lipinski definition) is 2. The molecule has 0 unspecified atom stereocenters. The van der Waals surface area contributed by atoms with Crippen LogP contribution < -0.4 is 0 Å². The van der Waals surface area contributed by atoms with E-state index in [0.29, 0.717) is 23.4 Å². The van der Waals surface area contributed by atoms with Crippen molar-refractivity contribution in [3.63, 3.8) is 0 Å². The van der Waals surface area contributed by atoms with Gasteiger partial charge in [0.25, 0.3) is 0 Å². The highest BCUT2D eigenvalue weighted by Gasteiger charge is 2.55. The highest BCUT2D eigenvalue weighted by molar-refractivity contribution is 5.87. The Morgan fingerprint density at radius 1 is 1.27 bits per heavy atom. The molecule has 1 fully saturated rings. The SMILES string of the molecule is CC1=C2C=C(O)CC[C@]2(C)C2=CC[C@]3(C)C(=O)CC[C@H]3[C@@H]2C1. The van der Waals surface area contributed by atoms with Gasteiger partial charge in [0, 0.05) is 23.7 Å². The van der Waals surface area contributed by atoms with Crippen LogP contribution in [-0.2, 0) is 4.79 Å². The molecule has 4 aliphatic carbocycles. The first kappa shape index (κ1) is 14.3. The van der Waals surface area contributed by atoms with Crippen LogP contribution in [0.2, 0.25) is 0 Å². The van der Waals surface area contributed by atoms with E-state index in [4.69, 9.17) is 0 Å². The molecule has 0 amide bonds. The molecule has 4 rings (SSSR count). The maximum Gasteiger partial charge on any atom is 0.139 e. The van der Waals surface area contributed by atoms with Crippen LogP contribution in [-0.4, -0.2) is 10.9 Å². The highest BCUT2D eigenvalue weighted by Crippen LogP contribution is 2.62. The normalized spacial score (nSPS) is 44.0. The molecule has 0 bridgehead atoms. The predicted octanol–water partition coefficient (Wildman–Crippen LogP) is 4.88. The second-order valence-electron chi connectivity index (χ2n) is 8.32. The minimum Gasteiger partial charge on any atom is -0.512 e. The molecule has 0 aromatic heterocycles. The Labute approximate surface area is 133 Å². The second-order valence-corrected chi connectivity index (χ2v) is 8.32. The molecule has 0 radical (unpaired) electrons. The van der Waals surface area contributed by atoms with Gasteiger partial charge in [0.15, 0.2) is 0 Å². The zero-order chi connectivity index (χ0) is 15.7. The number of ketones is 1. The van der Waals surface area contributed by atoms with Crippen molar-refractivity contribution >= 4 is 5.78 Å². The third-order valence-electron chi connectivity index (χ3n) is 7.18. The van der Waals surface area contributed by atoms with Gasteiger partial charge in [-0.2, -0.15) is 0 Å². The first-order chi connectivity index (χ1) is 10.4. The summed E-state index contributed by atoms with van der Waals surface area (Å²) in [6, 6.07) is 0. The Hall–Kier alpha value is -1.31. The Morgan fingerprint density at radius 2 is 2.05 bits per heavy atom. The molecule has 0 aromatic carbocycles. The molecule has 4 aliphatic rings. The number of aliphatic hydroxyl groups is 1. The van der Waals surface area contributed by atoms with Crippen LogP contribution in [0.1, 0.15) is 59.3 Å². The van der Waals surface area contributed by atoms with Crippen LogP contribution in [0.15, 0.2) is 34.6 Å². The number of rotatable bonds is 0. The van der Waals surface area contributed by atoms with E-state index < -0.39 is 0 Å². The van der Waals surface area contributed by atoms with Gasteiger partial charge < -0.3 is 5.11 Å². The number of carbonyl (C=O) groups excluding carboxylic acids is 1. The van der Waals surface area contributed by atoms with E-state index in [1.165, 1.54) is 11.1 Å². The highest BCUT2D eigenvalue weighted by atomic mass is 16.3. The quantitative estimate of drug-likeness (QED) is 0.647. The lowest BCUT2D eigenvalue weighted by molar-refractivity contribution is -0.127. The van der Waals surface area contributed by atoms with Crippen molar-refractivity contribution in [2.75, 3.05) is 0 Å². The van der Waals surface area contributed by atoms with Crippen LogP contribution in [0.25, 0.3) is 0 Å². The Morgan fingerprint density at radius 3 is 2.82 bits per heavy atom. The summed E-state index contributed by atoms with van der Waals surface area (Å²) < 4.78 is 0. The van der Waals surface area contributed by atoms with E-state index in [2.05, 4.69) is 26.8 Å². The summed E-state index contributed by atoms with van der Waals surface area (Å²) in [7, 11) is 0. The number of hydrogen-bond donors (Lipinski definition) is 1. The Kier molecular flexibility index (Phi) is 2.84. The van der Waals surface area contributed by atoms with Gasteiger partial charge in [-0.3, -0.25) is 4.79 Å². The fourth-order valence-corrected chi connectivity index (χ4v) is 5.83. The molecule has 0 heterocycles. The number of allylic oxidation sites excluding steroid dienone is 6. The average Bonchev–Trinajstić information content (AvgIpc) is 2.77. The summed E-state index contributed by atoms with van der Waals surface area (Å²) in [4.78, 5) is 12.4. The number of Topliss-reactive ketones (excluding diaryl/α,β-unsaturated/α-hetero) is 1. The third kappa shape index (κ3) is 1.64.